The summed E-state index contributed by atoms with van der Waals surface area (Å²) in [7, 11) is 0. The molecule has 1 aliphatic rings. The summed E-state index contributed by atoms with van der Waals surface area (Å²) in [4.78, 5) is 11.9. The van der Waals surface area contributed by atoms with Crippen LogP contribution in [-0.4, -0.2) is 89.9 Å². The van der Waals surface area contributed by atoms with Gasteiger partial charge in [-0.05, 0) is 6.42 Å². The molecule has 172 valence electrons. The molecule has 11 nitrogen and oxygen atoms in total. The number of hydrogen-bond donors (Lipinski definition) is 5. The van der Waals surface area contributed by atoms with Crippen molar-refractivity contribution in [2.75, 3.05) is 13.2 Å². The molecule has 0 aliphatic carbocycles. The average Bonchev–Trinajstić information content (AvgIpc) is 3.16. The summed E-state index contributed by atoms with van der Waals surface area (Å²) in [6.07, 6.45) is -3.63. The summed E-state index contributed by atoms with van der Waals surface area (Å²) in [5.74, 6) is -4.30. The number of carboxylic acid groups (broad SMARTS) is 1. The number of aliphatic carboxylic acids is 1. The molecule has 2 rings (SSSR count). The van der Waals surface area contributed by atoms with E-state index in [9.17, 15) is 25.2 Å². The van der Waals surface area contributed by atoms with E-state index in [0.717, 1.165) is 5.69 Å². The molecule has 1 aliphatic heterocycles. The fraction of sp³-hybridized carbons (Fsp3) is 0.842. The Morgan fingerprint density at radius 2 is 2.10 bits per heavy atom. The number of rotatable bonds is 9. The van der Waals surface area contributed by atoms with Crippen LogP contribution in [0.5, 0.6) is 0 Å². The number of hydrogen-bond acceptors (Lipinski definition) is 9. The second-order valence-corrected chi connectivity index (χ2v) is 8.83. The topological polar surface area (TPSA) is 167 Å². The predicted octanol–water partition coefficient (Wildman–Crippen LogP) is -0.737. The molecule has 1 aromatic heterocycles. The van der Waals surface area contributed by atoms with Crippen LogP contribution in [0, 0.1) is 5.92 Å². The third-order valence-electron chi connectivity index (χ3n) is 5.35. The molecule has 1 aromatic rings. The lowest BCUT2D eigenvalue weighted by molar-refractivity contribution is -0.318. The van der Waals surface area contributed by atoms with E-state index in [4.69, 9.17) is 14.6 Å². The average molecular weight is 431 g/mol. The van der Waals surface area contributed by atoms with E-state index in [0.29, 0.717) is 13.0 Å². The summed E-state index contributed by atoms with van der Waals surface area (Å²) in [5, 5.41) is 57.2. The van der Waals surface area contributed by atoms with Gasteiger partial charge in [0.25, 0.3) is 5.79 Å². The van der Waals surface area contributed by atoms with Gasteiger partial charge < -0.3 is 35.0 Å². The minimum Gasteiger partial charge on any atom is -0.477 e. The molecule has 2 heterocycles. The number of carboxylic acids is 1. The Bertz CT molecular complexity index is 706. The van der Waals surface area contributed by atoms with E-state index in [-0.39, 0.29) is 18.4 Å². The Morgan fingerprint density at radius 3 is 2.63 bits per heavy atom. The first kappa shape index (κ1) is 24.6. The Morgan fingerprint density at radius 1 is 1.43 bits per heavy atom. The van der Waals surface area contributed by atoms with Crippen LogP contribution in [0.25, 0.3) is 0 Å². The van der Waals surface area contributed by atoms with E-state index >= 15 is 0 Å². The number of nitrogens with zero attached hydrogens (tertiary/aromatic N) is 3. The van der Waals surface area contributed by atoms with Crippen molar-refractivity contribution in [2.45, 2.75) is 82.7 Å². The Kier molecular flexibility index (Phi) is 7.94. The van der Waals surface area contributed by atoms with Crippen molar-refractivity contribution < 1.29 is 39.8 Å². The van der Waals surface area contributed by atoms with Crippen molar-refractivity contribution in [3.8, 4) is 0 Å². The largest absolute Gasteiger partial charge is 0.477 e. The molecule has 5 N–H and O–H groups in total. The summed E-state index contributed by atoms with van der Waals surface area (Å²) in [6, 6.07) is 0. The number of carbonyl (C=O) groups is 1. The zero-order chi connectivity index (χ0) is 22.7. The maximum Gasteiger partial charge on any atom is 0.364 e. The summed E-state index contributed by atoms with van der Waals surface area (Å²) >= 11 is 0. The van der Waals surface area contributed by atoms with Crippen molar-refractivity contribution in [1.82, 2.24) is 15.0 Å². The number of aliphatic hydroxyl groups excluding tert-OH is 4. The molecule has 0 aromatic carbocycles. The van der Waals surface area contributed by atoms with Gasteiger partial charge in [-0.3, -0.25) is 4.68 Å². The molecule has 1 fully saturated rings. The zero-order valence-corrected chi connectivity index (χ0v) is 17.8. The van der Waals surface area contributed by atoms with Crippen molar-refractivity contribution in [1.29, 1.82) is 0 Å². The highest BCUT2D eigenvalue weighted by atomic mass is 16.7. The van der Waals surface area contributed by atoms with E-state index < -0.39 is 48.7 Å². The van der Waals surface area contributed by atoms with Gasteiger partial charge in [-0.2, -0.15) is 0 Å². The first-order valence-electron chi connectivity index (χ1n) is 10.0. The fourth-order valence-corrected chi connectivity index (χ4v) is 3.27. The third kappa shape index (κ3) is 5.54. The molecule has 30 heavy (non-hydrogen) atoms. The zero-order valence-electron chi connectivity index (χ0n) is 17.8. The van der Waals surface area contributed by atoms with Crippen molar-refractivity contribution in [2.24, 2.45) is 5.92 Å². The van der Waals surface area contributed by atoms with Crippen molar-refractivity contribution in [3.63, 3.8) is 0 Å². The molecule has 0 amide bonds. The fourth-order valence-electron chi connectivity index (χ4n) is 3.27. The summed E-state index contributed by atoms with van der Waals surface area (Å²) in [5.41, 5.74) is 0.692. The van der Waals surface area contributed by atoms with Crippen LogP contribution >= 0.6 is 0 Å². The highest BCUT2D eigenvalue weighted by Gasteiger charge is 2.54. The lowest BCUT2D eigenvalue weighted by Crippen LogP contribution is -2.61. The van der Waals surface area contributed by atoms with Crippen molar-refractivity contribution in [3.05, 3.63) is 11.9 Å². The van der Waals surface area contributed by atoms with Crippen LogP contribution in [0.4, 0.5) is 0 Å². The van der Waals surface area contributed by atoms with E-state index in [1.54, 1.807) is 11.6 Å². The van der Waals surface area contributed by atoms with Gasteiger partial charge in [0, 0.05) is 30.5 Å². The highest BCUT2D eigenvalue weighted by Crippen LogP contribution is 2.36. The number of aliphatic hydroxyl groups is 4. The normalized spacial score (nSPS) is 29.5. The molecule has 0 radical (unpaired) electrons. The third-order valence-corrected chi connectivity index (χ3v) is 5.35. The van der Waals surface area contributed by atoms with Crippen LogP contribution in [0.1, 0.15) is 46.2 Å². The maximum absolute atomic E-state index is 11.9. The Balaban J connectivity index is 2.03. The van der Waals surface area contributed by atoms with Crippen LogP contribution in [-0.2, 0) is 26.2 Å². The molecular formula is C19H33N3O8. The number of aromatic nitrogens is 3. The number of aryl methyl sites for hydroxylation is 1. The minimum atomic E-state index is -2.17. The van der Waals surface area contributed by atoms with Gasteiger partial charge in [0.1, 0.15) is 12.2 Å². The monoisotopic (exact) mass is 431 g/mol. The second kappa shape index (κ2) is 9.67. The van der Waals surface area contributed by atoms with E-state index in [1.165, 1.54) is 0 Å². The predicted molar refractivity (Wildman–Crippen MR) is 103 cm³/mol. The molecule has 1 saturated heterocycles. The molecule has 0 bridgehead atoms. The lowest BCUT2D eigenvalue weighted by Gasteiger charge is -2.45. The van der Waals surface area contributed by atoms with Gasteiger partial charge in [-0.15, -0.1) is 5.10 Å². The van der Waals surface area contributed by atoms with Gasteiger partial charge in [-0.25, -0.2) is 4.79 Å². The summed E-state index contributed by atoms with van der Waals surface area (Å²) in [6.45, 7) is 7.31. The SMILES string of the molecule is C[C@H]1C([C@H](O)[C@H](O)CO)O[C@@](OCCCn2cc(C(C)(C)C)nn2)(C(=O)O)C[C@H]1O. The minimum absolute atomic E-state index is 0.0104. The van der Waals surface area contributed by atoms with Crippen LogP contribution < -0.4 is 0 Å². The van der Waals surface area contributed by atoms with Gasteiger partial charge in [-0.1, -0.05) is 32.9 Å². The lowest BCUT2D eigenvalue weighted by atomic mass is 9.84. The van der Waals surface area contributed by atoms with Crippen LogP contribution in [0.3, 0.4) is 0 Å². The molecule has 1 unspecified atom stereocenters. The van der Waals surface area contributed by atoms with E-state index in [2.05, 4.69) is 10.3 Å². The second-order valence-electron chi connectivity index (χ2n) is 8.83. The Hall–Kier alpha value is -1.63. The van der Waals surface area contributed by atoms with Crippen LogP contribution in [0.15, 0.2) is 6.20 Å². The van der Waals surface area contributed by atoms with Crippen molar-refractivity contribution >= 4 is 5.97 Å². The maximum atomic E-state index is 11.9. The highest BCUT2D eigenvalue weighted by molar-refractivity contribution is 5.76. The standard InChI is InChI=1S/C19H33N3O8/c1-11-12(24)8-19(17(27)28,30-16(11)15(26)13(25)10-23)29-7-5-6-22-9-14(20-21-22)18(2,3)4/h9,11-13,15-16,23-26H,5-8,10H2,1-4H3,(H,27,28)/t11-,12-,13-,15-,16?,19-/m1/s1. The van der Waals surface area contributed by atoms with Crippen LogP contribution in [0.2, 0.25) is 0 Å². The molecule has 11 heteroatoms. The number of ether oxygens (including phenoxy) is 2. The molecule has 6 atom stereocenters. The van der Waals surface area contributed by atoms with E-state index in [1.807, 2.05) is 27.0 Å². The van der Waals surface area contributed by atoms with Gasteiger partial charge >= 0.3 is 5.97 Å². The molecular weight excluding hydrogens is 398 g/mol. The smallest absolute Gasteiger partial charge is 0.364 e. The first-order chi connectivity index (χ1) is 13.9. The molecule has 0 spiro atoms. The first-order valence-corrected chi connectivity index (χ1v) is 10.0. The van der Waals surface area contributed by atoms with Gasteiger partial charge in [0.2, 0.25) is 0 Å². The molecule has 0 saturated carbocycles. The summed E-state index contributed by atoms with van der Waals surface area (Å²) < 4.78 is 12.7. The van der Waals surface area contributed by atoms with Gasteiger partial charge in [0.15, 0.2) is 0 Å². The van der Waals surface area contributed by atoms with Gasteiger partial charge in [0.05, 0.1) is 31.1 Å². The quantitative estimate of drug-likeness (QED) is 0.314. The Labute approximate surface area is 175 Å².